The summed E-state index contributed by atoms with van der Waals surface area (Å²) in [5.41, 5.74) is 2.45. The standard InChI is InChI=1S/C8H8N2/c1-3-9-5-8-6-10-4-2-7(1)8/h1,3,5,10H,2,4H2. The van der Waals surface area contributed by atoms with Gasteiger partial charge in [0.25, 0.3) is 0 Å². The van der Waals surface area contributed by atoms with Crippen LogP contribution in [0.25, 0.3) is 0 Å². The van der Waals surface area contributed by atoms with Crippen LogP contribution in [0.3, 0.4) is 0 Å². The van der Waals surface area contributed by atoms with Gasteiger partial charge in [-0.25, -0.2) is 0 Å². The fourth-order valence-corrected chi connectivity index (χ4v) is 1.11. The van der Waals surface area contributed by atoms with Crippen LogP contribution in [0, 0.1) is 6.54 Å². The summed E-state index contributed by atoms with van der Waals surface area (Å²) < 4.78 is 0. The fourth-order valence-electron chi connectivity index (χ4n) is 1.11. The van der Waals surface area contributed by atoms with E-state index in [2.05, 4.69) is 16.8 Å². The molecule has 1 aliphatic rings. The lowest BCUT2D eigenvalue weighted by molar-refractivity contribution is 0.749. The van der Waals surface area contributed by atoms with Gasteiger partial charge in [-0.1, -0.05) is 0 Å². The summed E-state index contributed by atoms with van der Waals surface area (Å²) >= 11 is 0. The molecule has 2 nitrogen and oxygen atoms in total. The molecule has 0 bridgehead atoms. The molecule has 0 aliphatic carbocycles. The van der Waals surface area contributed by atoms with E-state index in [4.69, 9.17) is 0 Å². The smallest absolute Gasteiger partial charge is 0.0952 e. The summed E-state index contributed by atoms with van der Waals surface area (Å²) in [6, 6.07) is 2.04. The van der Waals surface area contributed by atoms with Crippen LogP contribution in [0.1, 0.15) is 11.1 Å². The van der Waals surface area contributed by atoms with Crippen molar-refractivity contribution in [2.75, 3.05) is 6.54 Å². The Balaban J connectivity index is 2.41. The van der Waals surface area contributed by atoms with Crippen LogP contribution in [0.2, 0.25) is 0 Å². The zero-order chi connectivity index (χ0) is 6.81. The maximum atomic E-state index is 4.00. The second-order valence-corrected chi connectivity index (χ2v) is 2.33. The van der Waals surface area contributed by atoms with Gasteiger partial charge in [-0.2, -0.15) is 0 Å². The van der Waals surface area contributed by atoms with Crippen molar-refractivity contribution in [3.8, 4) is 0 Å². The first-order chi connectivity index (χ1) is 4.97. The van der Waals surface area contributed by atoms with Crippen molar-refractivity contribution in [2.45, 2.75) is 6.42 Å². The molecule has 1 aliphatic heterocycles. The molecule has 0 unspecified atom stereocenters. The molecule has 2 heteroatoms. The van der Waals surface area contributed by atoms with Crippen molar-refractivity contribution < 1.29 is 0 Å². The van der Waals surface area contributed by atoms with Crippen LogP contribution >= 0.6 is 0 Å². The number of pyridine rings is 1. The normalized spacial score (nSPS) is 16.4. The van der Waals surface area contributed by atoms with Gasteiger partial charge in [-0.15, -0.1) is 0 Å². The van der Waals surface area contributed by atoms with Gasteiger partial charge < -0.3 is 5.32 Å². The van der Waals surface area contributed by atoms with Crippen LogP contribution < -0.4 is 5.32 Å². The van der Waals surface area contributed by atoms with E-state index in [0.717, 1.165) is 18.5 Å². The molecular weight excluding hydrogens is 124 g/mol. The van der Waals surface area contributed by atoms with Crippen molar-refractivity contribution in [3.63, 3.8) is 0 Å². The number of fused-ring (bicyclic) bond motifs is 1. The summed E-state index contributed by atoms with van der Waals surface area (Å²) in [6.45, 7) is 4.05. The van der Waals surface area contributed by atoms with Crippen molar-refractivity contribution in [3.05, 3.63) is 36.1 Å². The van der Waals surface area contributed by atoms with Gasteiger partial charge in [0.2, 0.25) is 0 Å². The minimum absolute atomic E-state index is 0.997. The van der Waals surface area contributed by atoms with E-state index in [-0.39, 0.29) is 0 Å². The molecular formula is C8H8N2. The minimum atomic E-state index is 0.997. The van der Waals surface area contributed by atoms with Crippen molar-refractivity contribution in [1.82, 2.24) is 10.3 Å². The number of hydrogen-bond donors (Lipinski definition) is 1. The highest BCUT2D eigenvalue weighted by atomic mass is 14.9. The van der Waals surface area contributed by atoms with Crippen molar-refractivity contribution in [1.29, 1.82) is 0 Å². The third kappa shape index (κ3) is 0.907. The Bertz CT molecular complexity index is 207. The number of nitrogens with one attached hydrogen (secondary N) is 1. The molecule has 0 aromatic carbocycles. The summed E-state index contributed by atoms with van der Waals surface area (Å²) in [5.74, 6) is 0. The van der Waals surface area contributed by atoms with Crippen LogP contribution in [0.15, 0.2) is 18.5 Å². The number of hydrogen-bond acceptors (Lipinski definition) is 2. The largest absolute Gasteiger partial charge is 0.303 e. The summed E-state index contributed by atoms with van der Waals surface area (Å²) in [4.78, 5) is 4.00. The Morgan fingerprint density at radius 1 is 1.60 bits per heavy atom. The second-order valence-electron chi connectivity index (χ2n) is 2.33. The fraction of sp³-hybridized carbons (Fsp3) is 0.250. The van der Waals surface area contributed by atoms with E-state index in [1.165, 1.54) is 5.56 Å². The van der Waals surface area contributed by atoms with E-state index in [9.17, 15) is 0 Å². The Hall–Kier alpha value is -0.890. The van der Waals surface area contributed by atoms with E-state index < -0.39 is 0 Å². The van der Waals surface area contributed by atoms with E-state index in [0.29, 0.717) is 0 Å². The highest BCUT2D eigenvalue weighted by Crippen LogP contribution is 2.11. The molecule has 0 saturated carbocycles. The van der Waals surface area contributed by atoms with Gasteiger partial charge in [-0.05, 0) is 23.6 Å². The number of nitrogens with zero attached hydrogens (tertiary/aromatic N) is 1. The average molecular weight is 132 g/mol. The zero-order valence-corrected chi connectivity index (χ0v) is 5.59. The van der Waals surface area contributed by atoms with Gasteiger partial charge in [0.05, 0.1) is 6.54 Å². The maximum Gasteiger partial charge on any atom is 0.0952 e. The molecule has 0 saturated heterocycles. The Labute approximate surface area is 60.3 Å². The van der Waals surface area contributed by atoms with E-state index >= 15 is 0 Å². The minimum Gasteiger partial charge on any atom is -0.303 e. The second kappa shape index (κ2) is 2.39. The predicted molar refractivity (Wildman–Crippen MR) is 38.3 cm³/mol. The first kappa shape index (κ1) is 5.86. The van der Waals surface area contributed by atoms with Crippen LogP contribution in [0.4, 0.5) is 0 Å². The van der Waals surface area contributed by atoms with Gasteiger partial charge in [-0.3, -0.25) is 4.98 Å². The lowest BCUT2D eigenvalue weighted by Gasteiger charge is -2.13. The highest BCUT2D eigenvalue weighted by molar-refractivity contribution is 5.31. The van der Waals surface area contributed by atoms with Gasteiger partial charge in [0, 0.05) is 18.9 Å². The molecule has 2 radical (unpaired) electrons. The predicted octanol–water partition coefficient (Wildman–Crippen LogP) is 0.614. The zero-order valence-electron chi connectivity index (χ0n) is 5.59. The number of rotatable bonds is 0. The van der Waals surface area contributed by atoms with Crippen LogP contribution in [0.5, 0.6) is 0 Å². The van der Waals surface area contributed by atoms with E-state index in [1.807, 2.05) is 18.5 Å². The van der Waals surface area contributed by atoms with Gasteiger partial charge in [0.15, 0.2) is 0 Å². The van der Waals surface area contributed by atoms with Gasteiger partial charge >= 0.3 is 0 Å². The lowest BCUT2D eigenvalue weighted by atomic mass is 10.0. The van der Waals surface area contributed by atoms with Crippen molar-refractivity contribution in [2.24, 2.45) is 0 Å². The van der Waals surface area contributed by atoms with Crippen molar-refractivity contribution >= 4 is 0 Å². The molecule has 0 spiro atoms. The Morgan fingerprint density at radius 3 is 3.50 bits per heavy atom. The third-order valence-corrected chi connectivity index (χ3v) is 1.65. The molecule has 50 valence electrons. The van der Waals surface area contributed by atoms with E-state index in [1.54, 1.807) is 0 Å². The molecule has 1 aromatic rings. The quantitative estimate of drug-likeness (QED) is 0.559. The monoisotopic (exact) mass is 132 g/mol. The lowest BCUT2D eigenvalue weighted by Crippen LogP contribution is -2.21. The van der Waals surface area contributed by atoms with Crippen LogP contribution in [-0.4, -0.2) is 11.5 Å². The topological polar surface area (TPSA) is 24.9 Å². The summed E-state index contributed by atoms with van der Waals surface area (Å²) in [5, 5.41) is 3.05. The molecule has 1 N–H and O–H groups in total. The summed E-state index contributed by atoms with van der Waals surface area (Å²) in [6.07, 6.45) is 4.75. The van der Waals surface area contributed by atoms with Crippen LogP contribution in [-0.2, 0) is 6.42 Å². The molecule has 0 amide bonds. The Morgan fingerprint density at radius 2 is 2.60 bits per heavy atom. The molecule has 1 aromatic heterocycles. The third-order valence-electron chi connectivity index (χ3n) is 1.65. The average Bonchev–Trinajstić information content (AvgIpc) is 2.05. The molecule has 2 rings (SSSR count). The molecule has 0 fully saturated rings. The summed E-state index contributed by atoms with van der Waals surface area (Å²) in [7, 11) is 0. The highest BCUT2D eigenvalue weighted by Gasteiger charge is 2.07. The maximum absolute atomic E-state index is 4.00. The molecule has 2 heterocycles. The SMILES string of the molecule is [C]1NCCc2ccncc21. The first-order valence-electron chi connectivity index (χ1n) is 3.38. The molecule has 0 atom stereocenters. The number of aromatic nitrogens is 1. The Kier molecular flexibility index (Phi) is 1.40. The molecule has 10 heavy (non-hydrogen) atoms. The van der Waals surface area contributed by atoms with Gasteiger partial charge in [0.1, 0.15) is 0 Å². The first-order valence-corrected chi connectivity index (χ1v) is 3.38.